The van der Waals surface area contributed by atoms with Crippen LogP contribution in [0.25, 0.3) is 9.88 Å². The van der Waals surface area contributed by atoms with Crippen LogP contribution in [-0.4, -0.2) is 17.5 Å². The van der Waals surface area contributed by atoms with Gasteiger partial charge in [0, 0.05) is 0 Å². The fourth-order valence-corrected chi connectivity index (χ4v) is 4.14. The number of nitrogens with one attached hydrogen (secondary N) is 1. The summed E-state index contributed by atoms with van der Waals surface area (Å²) in [7, 11) is 0. The van der Waals surface area contributed by atoms with Gasteiger partial charge in [-0.05, 0) is 43.5 Å². The number of rotatable bonds is 5. The average Bonchev–Trinajstić information content (AvgIpc) is 3.25. The number of carbonyl (C=O) groups excluding carboxylic acids is 1. The van der Waals surface area contributed by atoms with Crippen LogP contribution >= 0.6 is 22.7 Å². The highest BCUT2D eigenvalue weighted by Crippen LogP contribution is 2.36. The summed E-state index contributed by atoms with van der Waals surface area (Å²) in [5.41, 5.74) is -0.366. The molecule has 9 heteroatoms. The van der Waals surface area contributed by atoms with Crippen molar-refractivity contribution in [1.82, 2.24) is 4.98 Å². The van der Waals surface area contributed by atoms with Gasteiger partial charge in [0.1, 0.15) is 15.6 Å². The number of anilines is 1. The summed E-state index contributed by atoms with van der Waals surface area (Å²) in [5.74, 6) is -0.340. The first-order chi connectivity index (χ1) is 12.8. The van der Waals surface area contributed by atoms with E-state index in [0.717, 1.165) is 17.0 Å². The number of alkyl halides is 3. The lowest BCUT2D eigenvalue weighted by Gasteiger charge is -2.14. The molecule has 2 heterocycles. The number of halogens is 3. The molecule has 0 saturated carbocycles. The SMILES string of the molecule is CCOc1ccc(C(F)(F)F)cc1NC(=O)c1sc(-c2cccs2)nc1C. The fraction of sp³-hybridized carbons (Fsp3) is 0.222. The zero-order valence-electron chi connectivity index (χ0n) is 14.4. The molecule has 0 spiro atoms. The number of aryl methyl sites for hydroxylation is 1. The first kappa shape index (κ1) is 19.4. The van der Waals surface area contributed by atoms with Crippen molar-refractivity contribution < 1.29 is 22.7 Å². The summed E-state index contributed by atoms with van der Waals surface area (Å²) in [6.45, 7) is 3.67. The van der Waals surface area contributed by atoms with Crippen molar-refractivity contribution in [2.75, 3.05) is 11.9 Å². The summed E-state index contributed by atoms with van der Waals surface area (Å²) in [5, 5.41) is 5.14. The molecule has 1 N–H and O–H groups in total. The topological polar surface area (TPSA) is 51.2 Å². The lowest BCUT2D eigenvalue weighted by atomic mass is 10.1. The molecule has 2 aromatic heterocycles. The molecule has 0 atom stereocenters. The zero-order chi connectivity index (χ0) is 19.6. The lowest BCUT2D eigenvalue weighted by molar-refractivity contribution is -0.137. The van der Waals surface area contributed by atoms with Crippen molar-refractivity contribution in [3.05, 3.63) is 51.8 Å². The van der Waals surface area contributed by atoms with Gasteiger partial charge >= 0.3 is 6.18 Å². The highest BCUT2D eigenvalue weighted by atomic mass is 32.1. The Hall–Kier alpha value is -2.39. The van der Waals surface area contributed by atoms with Gasteiger partial charge in [0.25, 0.3) is 5.91 Å². The molecule has 3 rings (SSSR count). The molecule has 0 aliphatic carbocycles. The zero-order valence-corrected chi connectivity index (χ0v) is 16.0. The fourth-order valence-electron chi connectivity index (χ4n) is 2.38. The van der Waals surface area contributed by atoms with Crippen molar-refractivity contribution in [3.63, 3.8) is 0 Å². The molecule has 1 aromatic carbocycles. The molecule has 142 valence electrons. The second kappa shape index (κ2) is 7.69. The van der Waals surface area contributed by atoms with Gasteiger partial charge in [-0.1, -0.05) is 6.07 Å². The molecule has 27 heavy (non-hydrogen) atoms. The Kier molecular flexibility index (Phi) is 5.52. The molecule has 0 aliphatic rings. The lowest BCUT2D eigenvalue weighted by Crippen LogP contribution is -2.14. The smallest absolute Gasteiger partial charge is 0.416 e. The van der Waals surface area contributed by atoms with Gasteiger partial charge in [0.05, 0.1) is 28.4 Å². The van der Waals surface area contributed by atoms with E-state index in [1.807, 2.05) is 17.5 Å². The number of benzene rings is 1. The highest BCUT2D eigenvalue weighted by Gasteiger charge is 2.31. The van der Waals surface area contributed by atoms with Crippen LogP contribution in [0.1, 0.15) is 27.9 Å². The van der Waals surface area contributed by atoms with E-state index in [1.54, 1.807) is 13.8 Å². The normalized spacial score (nSPS) is 11.4. The Bertz CT molecular complexity index is 950. The molecule has 4 nitrogen and oxygen atoms in total. The monoisotopic (exact) mass is 412 g/mol. The molecule has 0 bridgehead atoms. The van der Waals surface area contributed by atoms with Crippen LogP contribution in [0.15, 0.2) is 35.7 Å². The third kappa shape index (κ3) is 4.30. The maximum Gasteiger partial charge on any atom is 0.416 e. The largest absolute Gasteiger partial charge is 0.492 e. The third-order valence-corrected chi connectivity index (χ3v) is 5.78. The number of thiophene rings is 1. The van der Waals surface area contributed by atoms with E-state index < -0.39 is 17.6 Å². The maximum atomic E-state index is 13.0. The Morgan fingerprint density at radius 2 is 2.07 bits per heavy atom. The van der Waals surface area contributed by atoms with Crippen molar-refractivity contribution >= 4 is 34.3 Å². The van der Waals surface area contributed by atoms with E-state index in [0.29, 0.717) is 15.6 Å². The van der Waals surface area contributed by atoms with Gasteiger partial charge in [-0.3, -0.25) is 4.79 Å². The van der Waals surface area contributed by atoms with Crippen LogP contribution in [0.2, 0.25) is 0 Å². The molecule has 0 unspecified atom stereocenters. The van der Waals surface area contributed by atoms with E-state index in [2.05, 4.69) is 10.3 Å². The van der Waals surface area contributed by atoms with Gasteiger partial charge in [-0.2, -0.15) is 13.2 Å². The van der Waals surface area contributed by atoms with Crippen LogP contribution in [0, 0.1) is 6.92 Å². The van der Waals surface area contributed by atoms with E-state index >= 15 is 0 Å². The van der Waals surface area contributed by atoms with Crippen molar-refractivity contribution in [1.29, 1.82) is 0 Å². The van der Waals surface area contributed by atoms with Crippen LogP contribution in [0.5, 0.6) is 5.75 Å². The van der Waals surface area contributed by atoms with Gasteiger partial charge in [-0.15, -0.1) is 22.7 Å². The Balaban J connectivity index is 1.91. The van der Waals surface area contributed by atoms with Gasteiger partial charge in [-0.25, -0.2) is 4.98 Å². The minimum absolute atomic E-state index is 0.0258. The van der Waals surface area contributed by atoms with E-state index in [-0.39, 0.29) is 18.0 Å². The predicted molar refractivity (Wildman–Crippen MR) is 101 cm³/mol. The maximum absolute atomic E-state index is 13.0. The summed E-state index contributed by atoms with van der Waals surface area (Å²) < 4.78 is 44.4. The van der Waals surface area contributed by atoms with Crippen LogP contribution < -0.4 is 10.1 Å². The van der Waals surface area contributed by atoms with Gasteiger partial charge < -0.3 is 10.1 Å². The average molecular weight is 412 g/mol. The minimum Gasteiger partial charge on any atom is -0.492 e. The molecule has 0 radical (unpaired) electrons. The quantitative estimate of drug-likeness (QED) is 0.572. The van der Waals surface area contributed by atoms with Crippen molar-refractivity contribution in [2.24, 2.45) is 0 Å². The van der Waals surface area contributed by atoms with Crippen LogP contribution in [0.4, 0.5) is 18.9 Å². The van der Waals surface area contributed by atoms with Crippen LogP contribution in [-0.2, 0) is 6.18 Å². The highest BCUT2D eigenvalue weighted by molar-refractivity contribution is 7.22. The summed E-state index contributed by atoms with van der Waals surface area (Å²) >= 11 is 2.70. The molecule has 0 saturated heterocycles. The predicted octanol–water partition coefficient (Wildman–Crippen LogP) is 5.85. The number of thiazole rings is 1. The summed E-state index contributed by atoms with van der Waals surface area (Å²) in [6, 6.07) is 6.78. The summed E-state index contributed by atoms with van der Waals surface area (Å²) in [4.78, 5) is 18.3. The molecule has 0 fully saturated rings. The minimum atomic E-state index is -4.52. The number of hydrogen-bond acceptors (Lipinski definition) is 5. The molecule has 1 amide bonds. The first-order valence-electron chi connectivity index (χ1n) is 7.96. The Morgan fingerprint density at radius 1 is 1.30 bits per heavy atom. The van der Waals surface area contributed by atoms with Gasteiger partial charge in [0.2, 0.25) is 0 Å². The number of nitrogens with zero attached hydrogens (tertiary/aromatic N) is 1. The Labute approximate surface area is 161 Å². The number of amides is 1. The number of hydrogen-bond donors (Lipinski definition) is 1. The number of ether oxygens (including phenoxy) is 1. The molecule has 0 aliphatic heterocycles. The van der Waals surface area contributed by atoms with Gasteiger partial charge in [0.15, 0.2) is 0 Å². The van der Waals surface area contributed by atoms with E-state index in [4.69, 9.17) is 4.74 Å². The van der Waals surface area contributed by atoms with E-state index in [1.165, 1.54) is 28.7 Å². The first-order valence-corrected chi connectivity index (χ1v) is 9.66. The molecule has 3 aromatic rings. The van der Waals surface area contributed by atoms with Crippen LogP contribution in [0.3, 0.4) is 0 Å². The van der Waals surface area contributed by atoms with E-state index in [9.17, 15) is 18.0 Å². The third-order valence-electron chi connectivity index (χ3n) is 3.59. The molecular formula is C18H15F3N2O2S2. The van der Waals surface area contributed by atoms with Crippen molar-refractivity contribution in [3.8, 4) is 15.6 Å². The van der Waals surface area contributed by atoms with Crippen molar-refractivity contribution in [2.45, 2.75) is 20.0 Å². The standard InChI is InChI=1S/C18H15F3N2O2S2/c1-3-25-13-7-6-11(18(19,20)21)9-12(13)23-16(24)15-10(2)22-17(27-15)14-5-4-8-26-14/h4-9H,3H2,1-2H3,(H,23,24). The summed E-state index contributed by atoms with van der Waals surface area (Å²) in [6.07, 6.45) is -4.52. The number of carbonyl (C=O) groups is 1. The number of aromatic nitrogens is 1. The molecular weight excluding hydrogens is 397 g/mol. The Morgan fingerprint density at radius 3 is 2.70 bits per heavy atom. The second-order valence-corrected chi connectivity index (χ2v) is 7.45. The second-order valence-electron chi connectivity index (χ2n) is 5.51.